The molecule has 9 amide bonds. The molecule has 1 saturated carbocycles. The molecule has 4 bridgehead atoms. The summed E-state index contributed by atoms with van der Waals surface area (Å²) in [6.07, 6.45) is 6.02. The van der Waals surface area contributed by atoms with Crippen LogP contribution < -0.4 is 36.2 Å². The number of esters is 1. The number of hydrogen-bond donors (Lipinski definition) is 6. The van der Waals surface area contributed by atoms with Crippen molar-refractivity contribution in [2.75, 3.05) is 104 Å². The topological polar surface area (TPSA) is 321 Å². The number of likely N-dealkylation sites (tertiary alicyclic amines) is 1. The van der Waals surface area contributed by atoms with Crippen LogP contribution in [0.1, 0.15) is 110 Å². The van der Waals surface area contributed by atoms with Gasteiger partial charge in [-0.25, -0.2) is 14.4 Å². The van der Waals surface area contributed by atoms with Crippen LogP contribution in [0.3, 0.4) is 0 Å². The molecule has 6 fully saturated rings. The minimum absolute atomic E-state index is 0.00182. The number of rotatable bonds is 29. The Labute approximate surface area is 563 Å². The Hall–Kier alpha value is -5.72. The minimum Gasteiger partial charge on any atom is -0.495 e. The number of likely N-dealkylation sites (N-methyl/N-ethyl adjacent to an activating group) is 1. The van der Waals surface area contributed by atoms with Gasteiger partial charge in [0.2, 0.25) is 35.4 Å². The number of alkyl carbamates (subject to hydrolysis) is 1. The predicted molar refractivity (Wildman–Crippen MR) is 351 cm³/mol. The number of benzene rings is 1. The van der Waals surface area contributed by atoms with Gasteiger partial charge in [-0.05, 0) is 89.3 Å². The number of hydrogen-bond acceptors (Lipinski definition) is 20. The maximum atomic E-state index is 14.4. The summed E-state index contributed by atoms with van der Waals surface area (Å²) in [4.78, 5) is 123. The highest BCUT2D eigenvalue weighted by Gasteiger charge is 2.64. The number of unbranched alkanes of at least 4 members (excludes halogenated alkanes) is 1. The molecule has 7 aliphatic rings. The fourth-order valence-corrected chi connectivity index (χ4v) is 16.0. The SMILES string of the molecule is COc1cc2cc(c1Cl)N(C)C(=O)C[C@H](OC(=O)[C@@H](C)N(C)C(=O)CCSC1CC(=O)N(CC3CCC(C(=O)NCCOCCOCCOCCNC(=O)CCCC[C@H]4SC[C@H]5NC(=O)N[C@H]54)CC3)C1=O)[C@]1(C)O[C@H]1[C@H](C)C1C[C@@](O)(NC(=O)O1)[C@H](OC)/C=C/C=C(\C)C2. The number of fused-ring (bicyclic) bond motifs is 6. The first-order chi connectivity index (χ1) is 44.9. The number of urea groups is 1. The Balaban J connectivity index is 0.713. The molecule has 5 saturated heterocycles. The summed E-state index contributed by atoms with van der Waals surface area (Å²) < 4.78 is 46.3. The molecule has 1 aromatic rings. The number of anilines is 1. The normalized spacial score (nSPS) is 30.6. The van der Waals surface area contributed by atoms with E-state index in [2.05, 4.69) is 26.6 Å². The highest BCUT2D eigenvalue weighted by molar-refractivity contribution is 8.00. The Morgan fingerprint density at radius 1 is 0.936 bits per heavy atom. The van der Waals surface area contributed by atoms with Crippen LogP contribution in [0.4, 0.5) is 15.3 Å². The number of halogens is 1. The lowest BCUT2D eigenvalue weighted by Crippen LogP contribution is -2.63. The summed E-state index contributed by atoms with van der Waals surface area (Å²) in [7, 11) is 5.88. The molecule has 29 heteroatoms. The highest BCUT2D eigenvalue weighted by atomic mass is 35.5. The summed E-state index contributed by atoms with van der Waals surface area (Å²) in [5, 5.41) is 26.1. The fourth-order valence-electron chi connectivity index (χ4n) is 13.1. The maximum absolute atomic E-state index is 14.4. The van der Waals surface area contributed by atoms with E-state index in [0.717, 1.165) is 36.2 Å². The Morgan fingerprint density at radius 2 is 1.64 bits per heavy atom. The largest absolute Gasteiger partial charge is 0.495 e. The lowest BCUT2D eigenvalue weighted by molar-refractivity contribution is -0.162. The second kappa shape index (κ2) is 34.5. The lowest BCUT2D eigenvalue weighted by atomic mass is 9.81. The van der Waals surface area contributed by atoms with E-state index in [1.165, 1.54) is 54.7 Å². The number of methoxy groups -OCH3 is 2. The molecule has 0 spiro atoms. The molecule has 2 unspecified atom stereocenters. The summed E-state index contributed by atoms with van der Waals surface area (Å²) in [5.74, 6) is -1.71. The highest BCUT2D eigenvalue weighted by Crippen LogP contribution is 2.49. The Kier molecular flexibility index (Phi) is 27.2. The van der Waals surface area contributed by atoms with Crippen LogP contribution in [0.2, 0.25) is 5.02 Å². The van der Waals surface area contributed by atoms with Crippen molar-refractivity contribution in [2.45, 2.75) is 176 Å². The second-order valence-electron chi connectivity index (χ2n) is 25.6. The van der Waals surface area contributed by atoms with Gasteiger partial charge in [0, 0.05) is 95.1 Å². The van der Waals surface area contributed by atoms with Crippen LogP contribution in [-0.4, -0.2) is 232 Å². The fraction of sp³-hybridized carbons (Fsp3) is 0.708. The maximum Gasteiger partial charge on any atom is 0.409 e. The van der Waals surface area contributed by atoms with E-state index in [-0.39, 0.29) is 90.2 Å². The number of nitrogens with zero attached hydrogens (tertiary/aromatic N) is 3. The summed E-state index contributed by atoms with van der Waals surface area (Å²) in [5.41, 5.74) is -1.21. The number of ether oxygens (including phenoxy) is 8. The van der Waals surface area contributed by atoms with Gasteiger partial charge in [0.15, 0.2) is 5.72 Å². The van der Waals surface area contributed by atoms with Crippen molar-refractivity contribution < 1.29 is 86.2 Å². The van der Waals surface area contributed by atoms with Crippen molar-refractivity contribution in [3.05, 3.63) is 46.5 Å². The summed E-state index contributed by atoms with van der Waals surface area (Å²) in [6, 6.07) is 2.69. The first-order valence-corrected chi connectivity index (χ1v) is 35.2. The van der Waals surface area contributed by atoms with Gasteiger partial charge in [0.05, 0.1) is 82.3 Å². The molecule has 0 radical (unpaired) electrons. The van der Waals surface area contributed by atoms with Gasteiger partial charge in [-0.1, -0.05) is 48.7 Å². The van der Waals surface area contributed by atoms with Gasteiger partial charge in [0.1, 0.15) is 40.7 Å². The molecule has 8 rings (SSSR count). The van der Waals surface area contributed by atoms with E-state index in [1.54, 1.807) is 45.2 Å². The third kappa shape index (κ3) is 19.5. The van der Waals surface area contributed by atoms with Crippen molar-refractivity contribution in [1.82, 2.24) is 36.4 Å². The van der Waals surface area contributed by atoms with E-state index < -0.39 is 83.2 Å². The first kappa shape index (κ1) is 74.1. The van der Waals surface area contributed by atoms with Crippen LogP contribution in [0, 0.1) is 17.8 Å². The Bertz CT molecular complexity index is 2940. The number of imide groups is 1. The van der Waals surface area contributed by atoms with E-state index >= 15 is 0 Å². The molecule has 1 aliphatic carbocycles. The zero-order chi connectivity index (χ0) is 67.9. The number of carbonyl (C=O) groups is 9. The van der Waals surface area contributed by atoms with E-state index in [9.17, 15) is 48.3 Å². The van der Waals surface area contributed by atoms with E-state index in [0.29, 0.717) is 108 Å². The van der Waals surface area contributed by atoms with Crippen LogP contribution in [0.5, 0.6) is 5.75 Å². The molecule has 522 valence electrons. The number of epoxide rings is 1. The standard InChI is InChI=1S/C65H95ClN8O18S2/c1-38-12-11-14-50(86-8)65(84)35-47(90-63(83)71-65)39(2)58-64(4,92-58)51(34-54(77)73(6)45-31-42(30-38)32-46(85-7)56(45)66)91-61(81)40(3)72(5)53(76)20-29-93-49-33-55(78)74(60(49)80)36-41-16-18-43(19-17-41)59(79)68-22-24-88-26-28-89-27-25-87-23-21-67-52(75)15-10-9-13-48-57-44(37-94-48)69-62(82)70-57/h11-12,14,31-32,39-41,43-44,47-51,57-58,84H,9-10,13,15-30,33-37H2,1-8H3,(H,67,75)(H,68,79)(H,71,83)(H2,69,70,82)/b14-11+,38-12+/t39-,40-,41?,43?,44-,47?,48-,49?,50-,51+,57-,58+,64+,65+/m1/s1. The zero-order valence-corrected chi connectivity index (χ0v) is 57.6. The van der Waals surface area contributed by atoms with Crippen molar-refractivity contribution in [1.29, 1.82) is 0 Å². The monoisotopic (exact) mass is 1370 g/mol. The number of carbonyl (C=O) groups excluding carboxylic acids is 9. The van der Waals surface area contributed by atoms with E-state index in [4.69, 9.17) is 49.5 Å². The Morgan fingerprint density at radius 3 is 2.34 bits per heavy atom. The summed E-state index contributed by atoms with van der Waals surface area (Å²) >= 11 is 9.93. The van der Waals surface area contributed by atoms with Gasteiger partial charge >= 0.3 is 18.1 Å². The minimum atomic E-state index is -1.89. The number of amides is 9. The van der Waals surface area contributed by atoms with Gasteiger partial charge in [-0.2, -0.15) is 11.8 Å². The van der Waals surface area contributed by atoms with Gasteiger partial charge in [-0.3, -0.25) is 39.0 Å². The zero-order valence-electron chi connectivity index (χ0n) is 55.2. The molecule has 12 atom stereocenters. The van der Waals surface area contributed by atoms with Crippen LogP contribution in [0.25, 0.3) is 0 Å². The van der Waals surface area contributed by atoms with Crippen LogP contribution >= 0.6 is 35.1 Å². The van der Waals surface area contributed by atoms with Crippen molar-refractivity contribution in [2.24, 2.45) is 17.8 Å². The molecular weight excluding hydrogens is 1280 g/mol. The first-order valence-electron chi connectivity index (χ1n) is 32.7. The molecule has 1 aromatic carbocycles. The summed E-state index contributed by atoms with van der Waals surface area (Å²) in [6.45, 7) is 10.1. The van der Waals surface area contributed by atoms with E-state index in [1.807, 2.05) is 24.8 Å². The number of nitrogens with one attached hydrogen (secondary N) is 5. The number of thioether (sulfide) groups is 2. The number of aliphatic hydroxyl groups is 1. The molecule has 6 heterocycles. The average Bonchev–Trinajstić information content (AvgIpc) is 1.57. The predicted octanol–water partition coefficient (Wildman–Crippen LogP) is 4.58. The average molecular weight is 1380 g/mol. The molecule has 26 nitrogen and oxygen atoms in total. The van der Waals surface area contributed by atoms with Crippen LogP contribution in [0.15, 0.2) is 35.9 Å². The van der Waals surface area contributed by atoms with Crippen molar-refractivity contribution in [3.8, 4) is 5.75 Å². The molecule has 6 aliphatic heterocycles. The molecule has 0 aromatic heterocycles. The van der Waals surface area contributed by atoms with Gasteiger partial charge in [-0.15, -0.1) is 11.8 Å². The van der Waals surface area contributed by atoms with Crippen molar-refractivity contribution >= 4 is 94.3 Å². The molecular formula is C65H95ClN8O18S2. The molecule has 6 N–H and O–H groups in total. The third-order valence-electron chi connectivity index (χ3n) is 19.0. The van der Waals surface area contributed by atoms with Crippen molar-refractivity contribution in [3.63, 3.8) is 0 Å². The number of allylic oxidation sites excluding steroid dienone is 3. The quantitative estimate of drug-likeness (QED) is 0.0210. The third-order valence-corrected chi connectivity index (χ3v) is 22.1. The van der Waals surface area contributed by atoms with Gasteiger partial charge < -0.3 is 74.1 Å². The van der Waals surface area contributed by atoms with Crippen LogP contribution in [-0.2, 0) is 73.1 Å². The van der Waals surface area contributed by atoms with Gasteiger partial charge in [0.25, 0.3) is 0 Å². The lowest BCUT2D eigenvalue weighted by Gasteiger charge is -2.42. The smallest absolute Gasteiger partial charge is 0.409 e. The molecule has 94 heavy (non-hydrogen) atoms. The second-order valence-corrected chi connectivity index (χ2v) is 28.6.